The number of rotatable bonds is 8. The summed E-state index contributed by atoms with van der Waals surface area (Å²) < 4.78 is 0. The predicted molar refractivity (Wildman–Crippen MR) is 183 cm³/mol. The number of nitrogens with one attached hydrogen (secondary N) is 1. The topological polar surface area (TPSA) is 48.5 Å². The Balaban J connectivity index is 1.28. The number of benzene rings is 4. The van der Waals surface area contributed by atoms with Gasteiger partial charge in [-0.2, -0.15) is 0 Å². The number of para-hydroxylation sites is 1. The molecule has 2 fully saturated rings. The van der Waals surface area contributed by atoms with Crippen LogP contribution >= 0.6 is 0 Å². The Morgan fingerprint density at radius 2 is 1.29 bits per heavy atom. The van der Waals surface area contributed by atoms with Crippen LogP contribution in [-0.4, -0.2) is 52.9 Å². The molecule has 0 bridgehead atoms. The standard InChI is InChI=1S/C40H42N4O/c45-40(42-38(30-15-5-1-6-16-30)31-17-7-2-8-18-31)37-34-21-11-12-22-36(34)41-39(32-19-9-3-10-20-32)35(37)29-43-27-23-33(24-28-43)44-25-13-4-14-26-44/h1-3,5-12,15-22,33,38H,4,13-14,23-29H2,(H,42,45). The van der Waals surface area contributed by atoms with E-state index >= 15 is 0 Å². The molecule has 7 rings (SSSR count). The van der Waals surface area contributed by atoms with E-state index in [1.54, 1.807) is 0 Å². The molecule has 0 saturated carbocycles. The van der Waals surface area contributed by atoms with Crippen molar-refractivity contribution in [3.63, 3.8) is 0 Å². The maximum absolute atomic E-state index is 14.8. The quantitative estimate of drug-likeness (QED) is 0.199. The van der Waals surface area contributed by atoms with Gasteiger partial charge < -0.3 is 10.2 Å². The summed E-state index contributed by atoms with van der Waals surface area (Å²) in [5, 5.41) is 4.37. The smallest absolute Gasteiger partial charge is 0.253 e. The number of fused-ring (bicyclic) bond motifs is 1. The normalized spacial score (nSPS) is 16.6. The molecule has 1 aromatic heterocycles. The zero-order chi connectivity index (χ0) is 30.4. The van der Waals surface area contributed by atoms with Gasteiger partial charge in [-0.25, -0.2) is 4.98 Å². The number of pyridine rings is 1. The zero-order valence-electron chi connectivity index (χ0n) is 25.9. The van der Waals surface area contributed by atoms with Crippen molar-refractivity contribution >= 4 is 16.8 Å². The van der Waals surface area contributed by atoms with E-state index in [1.807, 2.05) is 60.7 Å². The number of carbonyl (C=O) groups excluding carboxylic acids is 1. The van der Waals surface area contributed by atoms with Crippen molar-refractivity contribution in [2.75, 3.05) is 26.2 Å². The molecule has 1 N–H and O–H groups in total. The molecule has 1 amide bonds. The van der Waals surface area contributed by atoms with Crippen LogP contribution in [0.1, 0.15) is 65.2 Å². The Labute approximate surface area is 266 Å². The predicted octanol–water partition coefficient (Wildman–Crippen LogP) is 7.87. The molecule has 0 atom stereocenters. The van der Waals surface area contributed by atoms with Crippen LogP contribution in [0.25, 0.3) is 22.2 Å². The maximum Gasteiger partial charge on any atom is 0.253 e. The van der Waals surface area contributed by atoms with Gasteiger partial charge >= 0.3 is 0 Å². The van der Waals surface area contributed by atoms with Gasteiger partial charge in [0.05, 0.1) is 22.8 Å². The Hall–Kier alpha value is -4.32. The minimum Gasteiger partial charge on any atom is -0.341 e. The molecule has 0 radical (unpaired) electrons. The number of carbonyl (C=O) groups is 1. The molecule has 4 aromatic carbocycles. The highest BCUT2D eigenvalue weighted by atomic mass is 16.1. The second-order valence-electron chi connectivity index (χ2n) is 12.5. The lowest BCUT2D eigenvalue weighted by molar-refractivity contribution is 0.0884. The Kier molecular flexibility index (Phi) is 8.99. The second kappa shape index (κ2) is 13.8. The van der Waals surface area contributed by atoms with E-state index in [2.05, 4.69) is 69.7 Å². The summed E-state index contributed by atoms with van der Waals surface area (Å²) in [5.74, 6) is -0.0679. The lowest BCUT2D eigenvalue weighted by atomic mass is 9.93. The molecule has 0 spiro atoms. The van der Waals surface area contributed by atoms with Gasteiger partial charge in [0.15, 0.2) is 0 Å². The Morgan fingerprint density at radius 1 is 0.711 bits per heavy atom. The van der Waals surface area contributed by atoms with Crippen LogP contribution in [-0.2, 0) is 6.54 Å². The number of piperidine rings is 2. The second-order valence-corrected chi connectivity index (χ2v) is 12.5. The van der Waals surface area contributed by atoms with Crippen molar-refractivity contribution in [3.8, 4) is 11.3 Å². The van der Waals surface area contributed by atoms with Gasteiger partial charge in [-0.1, -0.05) is 116 Å². The van der Waals surface area contributed by atoms with Gasteiger partial charge in [0, 0.05) is 29.1 Å². The molecule has 2 saturated heterocycles. The van der Waals surface area contributed by atoms with Gasteiger partial charge in [0.1, 0.15) is 0 Å². The SMILES string of the molecule is O=C(NC(c1ccccc1)c1ccccc1)c1c(CN2CCC(N3CCCCC3)CC2)c(-c2ccccc2)nc2ccccc12. The van der Waals surface area contributed by atoms with Crippen LogP contribution in [0.2, 0.25) is 0 Å². The number of aromatic nitrogens is 1. The monoisotopic (exact) mass is 594 g/mol. The van der Waals surface area contributed by atoms with E-state index in [0.29, 0.717) is 12.6 Å². The summed E-state index contributed by atoms with van der Waals surface area (Å²) in [5.41, 5.74) is 6.63. The zero-order valence-corrected chi connectivity index (χ0v) is 25.9. The van der Waals surface area contributed by atoms with Gasteiger partial charge in [-0.15, -0.1) is 0 Å². The van der Waals surface area contributed by atoms with E-state index in [4.69, 9.17) is 4.98 Å². The first kappa shape index (κ1) is 29.4. The average molecular weight is 595 g/mol. The summed E-state index contributed by atoms with van der Waals surface area (Å²) in [7, 11) is 0. The van der Waals surface area contributed by atoms with E-state index in [-0.39, 0.29) is 11.9 Å². The molecule has 5 aromatic rings. The third kappa shape index (κ3) is 6.56. The third-order valence-corrected chi connectivity index (χ3v) is 9.65. The van der Waals surface area contributed by atoms with E-state index in [9.17, 15) is 4.79 Å². The number of amides is 1. The highest BCUT2D eigenvalue weighted by Crippen LogP contribution is 2.33. The van der Waals surface area contributed by atoms with E-state index < -0.39 is 0 Å². The summed E-state index contributed by atoms with van der Waals surface area (Å²) in [6, 6.07) is 39.4. The van der Waals surface area contributed by atoms with E-state index in [0.717, 1.165) is 57.5 Å². The first-order chi connectivity index (χ1) is 22.2. The molecular weight excluding hydrogens is 552 g/mol. The molecule has 0 aliphatic carbocycles. The number of likely N-dealkylation sites (tertiary alicyclic amines) is 2. The molecule has 228 valence electrons. The fourth-order valence-electron chi connectivity index (χ4n) is 7.30. The van der Waals surface area contributed by atoms with Crippen molar-refractivity contribution < 1.29 is 4.79 Å². The van der Waals surface area contributed by atoms with Crippen molar-refractivity contribution in [3.05, 3.63) is 138 Å². The number of nitrogens with zero attached hydrogens (tertiary/aromatic N) is 3. The highest BCUT2D eigenvalue weighted by molar-refractivity contribution is 6.09. The van der Waals surface area contributed by atoms with Crippen molar-refractivity contribution in [1.29, 1.82) is 0 Å². The molecule has 5 heteroatoms. The lowest BCUT2D eigenvalue weighted by Gasteiger charge is -2.40. The van der Waals surface area contributed by atoms with Crippen molar-refractivity contribution in [2.45, 2.75) is 50.7 Å². The van der Waals surface area contributed by atoms with Crippen LogP contribution in [0.4, 0.5) is 0 Å². The molecule has 3 heterocycles. The Morgan fingerprint density at radius 3 is 1.93 bits per heavy atom. The fourth-order valence-corrected chi connectivity index (χ4v) is 7.30. The van der Waals surface area contributed by atoms with Crippen LogP contribution in [0.3, 0.4) is 0 Å². The van der Waals surface area contributed by atoms with Crippen LogP contribution in [0.5, 0.6) is 0 Å². The average Bonchev–Trinajstić information content (AvgIpc) is 3.12. The van der Waals surface area contributed by atoms with Gasteiger partial charge in [-0.3, -0.25) is 9.69 Å². The fraction of sp³-hybridized carbons (Fsp3) is 0.300. The van der Waals surface area contributed by atoms with Gasteiger partial charge in [0.25, 0.3) is 5.91 Å². The highest BCUT2D eigenvalue weighted by Gasteiger charge is 2.29. The van der Waals surface area contributed by atoms with Gasteiger partial charge in [-0.05, 0) is 69.1 Å². The van der Waals surface area contributed by atoms with Crippen LogP contribution in [0.15, 0.2) is 115 Å². The minimum atomic E-state index is -0.278. The van der Waals surface area contributed by atoms with Crippen molar-refractivity contribution in [1.82, 2.24) is 20.1 Å². The third-order valence-electron chi connectivity index (χ3n) is 9.65. The first-order valence-corrected chi connectivity index (χ1v) is 16.6. The number of hydrogen-bond acceptors (Lipinski definition) is 4. The largest absolute Gasteiger partial charge is 0.341 e. The van der Waals surface area contributed by atoms with Crippen LogP contribution < -0.4 is 5.32 Å². The molecule has 2 aliphatic rings. The first-order valence-electron chi connectivity index (χ1n) is 16.6. The minimum absolute atomic E-state index is 0.0679. The lowest BCUT2D eigenvalue weighted by Crippen LogP contribution is -2.46. The molecule has 0 unspecified atom stereocenters. The van der Waals surface area contributed by atoms with Crippen molar-refractivity contribution in [2.24, 2.45) is 0 Å². The molecule has 45 heavy (non-hydrogen) atoms. The summed E-state index contributed by atoms with van der Waals surface area (Å²) >= 11 is 0. The summed E-state index contributed by atoms with van der Waals surface area (Å²) in [6.45, 7) is 5.23. The summed E-state index contributed by atoms with van der Waals surface area (Å²) in [4.78, 5) is 25.2. The Bertz CT molecular complexity index is 1670. The van der Waals surface area contributed by atoms with E-state index in [1.165, 1.54) is 45.2 Å². The van der Waals surface area contributed by atoms with Crippen LogP contribution in [0, 0.1) is 0 Å². The van der Waals surface area contributed by atoms with Gasteiger partial charge in [0.2, 0.25) is 0 Å². The number of hydrogen-bond donors (Lipinski definition) is 1. The molecular formula is C40H42N4O. The molecule has 2 aliphatic heterocycles. The summed E-state index contributed by atoms with van der Waals surface area (Å²) in [6.07, 6.45) is 6.37. The maximum atomic E-state index is 14.8. The molecule has 5 nitrogen and oxygen atoms in total.